The Labute approximate surface area is 110 Å². The molecule has 0 aliphatic carbocycles. The number of carbonyl (C=O) groups is 3. The van der Waals surface area contributed by atoms with Crippen molar-refractivity contribution in [1.29, 1.82) is 0 Å². The van der Waals surface area contributed by atoms with E-state index in [0.29, 0.717) is 11.1 Å². The number of benzene rings is 1. The number of fused-ring (bicyclic) bond motifs is 1. The lowest BCUT2D eigenvalue weighted by molar-refractivity contribution is -0.124. The summed E-state index contributed by atoms with van der Waals surface area (Å²) in [6.45, 7) is 1.38. The molecule has 0 radical (unpaired) electrons. The number of carbonyl (C=O) groups excluding carboxylic acids is 3. The zero-order chi connectivity index (χ0) is 14.0. The molecule has 100 valence electrons. The summed E-state index contributed by atoms with van der Waals surface area (Å²) in [7, 11) is 0. The Morgan fingerprint density at radius 3 is 2.26 bits per heavy atom. The Balaban J connectivity index is 2.22. The van der Waals surface area contributed by atoms with Gasteiger partial charge in [0.2, 0.25) is 5.91 Å². The van der Waals surface area contributed by atoms with Crippen LogP contribution in [0.25, 0.3) is 0 Å². The number of nitrogens with one attached hydrogen (secondary N) is 1. The molecule has 0 spiro atoms. The van der Waals surface area contributed by atoms with Crippen molar-refractivity contribution < 1.29 is 19.5 Å². The first-order valence-electron chi connectivity index (χ1n) is 5.93. The molecule has 0 aromatic heterocycles. The molecular formula is C13H14N2O4. The van der Waals surface area contributed by atoms with E-state index in [4.69, 9.17) is 5.11 Å². The highest BCUT2D eigenvalue weighted by molar-refractivity contribution is 6.22. The maximum Gasteiger partial charge on any atom is 0.262 e. The average molecular weight is 262 g/mol. The number of rotatable bonds is 4. The third kappa shape index (κ3) is 2.22. The molecular weight excluding hydrogens is 248 g/mol. The molecule has 0 saturated carbocycles. The van der Waals surface area contributed by atoms with Crippen molar-refractivity contribution in [2.45, 2.75) is 13.0 Å². The predicted molar refractivity (Wildman–Crippen MR) is 66.5 cm³/mol. The molecule has 19 heavy (non-hydrogen) atoms. The molecule has 1 heterocycles. The number of aliphatic hydroxyl groups excluding tert-OH is 1. The Bertz CT molecular complexity index is 506. The molecule has 0 unspecified atom stereocenters. The number of imide groups is 1. The fraction of sp³-hybridized carbons (Fsp3) is 0.308. The third-order valence-corrected chi connectivity index (χ3v) is 3.00. The van der Waals surface area contributed by atoms with Crippen LogP contribution in [0.3, 0.4) is 0 Å². The number of nitrogens with zero attached hydrogens (tertiary/aromatic N) is 1. The van der Waals surface area contributed by atoms with Crippen molar-refractivity contribution in [2.75, 3.05) is 13.2 Å². The highest BCUT2D eigenvalue weighted by atomic mass is 16.3. The van der Waals surface area contributed by atoms with Crippen molar-refractivity contribution in [2.24, 2.45) is 0 Å². The van der Waals surface area contributed by atoms with E-state index in [1.54, 1.807) is 24.3 Å². The van der Waals surface area contributed by atoms with Crippen molar-refractivity contribution in [3.63, 3.8) is 0 Å². The van der Waals surface area contributed by atoms with Crippen LogP contribution in [0.4, 0.5) is 0 Å². The lowest BCUT2D eigenvalue weighted by atomic mass is 10.1. The van der Waals surface area contributed by atoms with Gasteiger partial charge in [-0.05, 0) is 19.1 Å². The molecule has 2 N–H and O–H groups in total. The van der Waals surface area contributed by atoms with E-state index in [9.17, 15) is 14.4 Å². The first-order valence-corrected chi connectivity index (χ1v) is 5.93. The van der Waals surface area contributed by atoms with Gasteiger partial charge < -0.3 is 10.4 Å². The van der Waals surface area contributed by atoms with Crippen LogP contribution in [0.1, 0.15) is 27.6 Å². The van der Waals surface area contributed by atoms with Gasteiger partial charge in [-0.15, -0.1) is 0 Å². The Hall–Kier alpha value is -2.21. The second-order valence-electron chi connectivity index (χ2n) is 4.22. The molecule has 1 aromatic rings. The largest absolute Gasteiger partial charge is 0.395 e. The van der Waals surface area contributed by atoms with Crippen LogP contribution < -0.4 is 5.32 Å². The van der Waals surface area contributed by atoms with Gasteiger partial charge in [-0.25, -0.2) is 0 Å². The van der Waals surface area contributed by atoms with Crippen LogP contribution in [-0.2, 0) is 4.79 Å². The molecule has 6 heteroatoms. The fourth-order valence-electron chi connectivity index (χ4n) is 2.00. The Kier molecular flexibility index (Phi) is 3.62. The van der Waals surface area contributed by atoms with Gasteiger partial charge in [-0.1, -0.05) is 12.1 Å². The fourth-order valence-corrected chi connectivity index (χ4v) is 2.00. The SMILES string of the molecule is C[C@H](C(=O)NCCO)N1C(=O)c2ccccc2C1=O. The van der Waals surface area contributed by atoms with Crippen molar-refractivity contribution in [3.05, 3.63) is 35.4 Å². The highest BCUT2D eigenvalue weighted by Gasteiger charge is 2.40. The number of hydrogen-bond acceptors (Lipinski definition) is 4. The molecule has 2 rings (SSSR count). The van der Waals surface area contributed by atoms with Crippen LogP contribution in [0.2, 0.25) is 0 Å². The van der Waals surface area contributed by atoms with Crippen LogP contribution >= 0.6 is 0 Å². The first kappa shape index (κ1) is 13.2. The second kappa shape index (κ2) is 5.19. The van der Waals surface area contributed by atoms with Crippen molar-refractivity contribution >= 4 is 17.7 Å². The van der Waals surface area contributed by atoms with E-state index >= 15 is 0 Å². The zero-order valence-corrected chi connectivity index (χ0v) is 10.4. The third-order valence-electron chi connectivity index (χ3n) is 3.00. The van der Waals surface area contributed by atoms with E-state index in [1.807, 2.05) is 0 Å². The molecule has 1 atom stereocenters. The Morgan fingerprint density at radius 2 is 1.79 bits per heavy atom. The summed E-state index contributed by atoms with van der Waals surface area (Å²) >= 11 is 0. The van der Waals surface area contributed by atoms with Crippen LogP contribution in [0.5, 0.6) is 0 Å². The van der Waals surface area contributed by atoms with Gasteiger partial charge in [0.1, 0.15) is 6.04 Å². The molecule has 0 saturated heterocycles. The smallest absolute Gasteiger partial charge is 0.262 e. The summed E-state index contributed by atoms with van der Waals surface area (Å²) in [5.41, 5.74) is 0.628. The van der Waals surface area contributed by atoms with Crippen molar-refractivity contribution in [1.82, 2.24) is 10.2 Å². The van der Waals surface area contributed by atoms with Crippen LogP contribution in [0.15, 0.2) is 24.3 Å². The average Bonchev–Trinajstić information content (AvgIpc) is 2.68. The monoisotopic (exact) mass is 262 g/mol. The molecule has 6 nitrogen and oxygen atoms in total. The molecule has 3 amide bonds. The minimum absolute atomic E-state index is 0.0896. The van der Waals surface area contributed by atoms with Gasteiger partial charge in [0.15, 0.2) is 0 Å². The number of hydrogen-bond donors (Lipinski definition) is 2. The predicted octanol–water partition coefficient (Wildman–Crippen LogP) is -0.220. The van der Waals surface area contributed by atoms with Gasteiger partial charge in [-0.2, -0.15) is 0 Å². The molecule has 0 fully saturated rings. The molecule has 1 aliphatic heterocycles. The zero-order valence-electron chi connectivity index (χ0n) is 10.4. The summed E-state index contributed by atoms with van der Waals surface area (Å²) in [6, 6.07) is 5.56. The van der Waals surface area contributed by atoms with Gasteiger partial charge in [0, 0.05) is 6.54 Å². The van der Waals surface area contributed by atoms with Gasteiger partial charge in [-0.3, -0.25) is 19.3 Å². The van der Waals surface area contributed by atoms with Gasteiger partial charge in [0.25, 0.3) is 11.8 Å². The van der Waals surface area contributed by atoms with Crippen LogP contribution in [0, 0.1) is 0 Å². The maximum absolute atomic E-state index is 12.1. The minimum Gasteiger partial charge on any atom is -0.395 e. The van der Waals surface area contributed by atoms with E-state index < -0.39 is 23.8 Å². The molecule has 0 bridgehead atoms. The molecule has 1 aliphatic rings. The Morgan fingerprint density at radius 1 is 1.26 bits per heavy atom. The van der Waals surface area contributed by atoms with E-state index in [1.165, 1.54) is 6.92 Å². The number of amides is 3. The summed E-state index contributed by atoms with van der Waals surface area (Å²) in [4.78, 5) is 36.9. The molecule has 1 aromatic carbocycles. The number of aliphatic hydroxyl groups is 1. The summed E-state index contributed by atoms with van der Waals surface area (Å²) in [6.07, 6.45) is 0. The lowest BCUT2D eigenvalue weighted by Gasteiger charge is -2.21. The normalized spacial score (nSPS) is 15.4. The van der Waals surface area contributed by atoms with E-state index in [0.717, 1.165) is 4.90 Å². The van der Waals surface area contributed by atoms with E-state index in [-0.39, 0.29) is 13.2 Å². The van der Waals surface area contributed by atoms with Gasteiger partial charge >= 0.3 is 0 Å². The van der Waals surface area contributed by atoms with Crippen LogP contribution in [-0.4, -0.2) is 46.9 Å². The topological polar surface area (TPSA) is 86.7 Å². The first-order chi connectivity index (χ1) is 9.07. The summed E-state index contributed by atoms with van der Waals surface area (Å²) < 4.78 is 0. The summed E-state index contributed by atoms with van der Waals surface area (Å²) in [5.74, 6) is -1.40. The lowest BCUT2D eigenvalue weighted by Crippen LogP contribution is -2.48. The summed E-state index contributed by atoms with van der Waals surface area (Å²) in [5, 5.41) is 11.1. The van der Waals surface area contributed by atoms with Gasteiger partial charge in [0.05, 0.1) is 17.7 Å². The second-order valence-corrected chi connectivity index (χ2v) is 4.22. The van der Waals surface area contributed by atoms with Crippen molar-refractivity contribution in [3.8, 4) is 0 Å². The highest BCUT2D eigenvalue weighted by Crippen LogP contribution is 2.24. The minimum atomic E-state index is -0.904. The van der Waals surface area contributed by atoms with E-state index in [2.05, 4.69) is 5.32 Å². The quantitative estimate of drug-likeness (QED) is 0.734. The maximum atomic E-state index is 12.1. The standard InChI is InChI=1S/C13H14N2O4/c1-8(11(17)14-6-7-16)15-12(18)9-4-2-3-5-10(9)13(15)19/h2-5,8,16H,6-7H2,1H3,(H,14,17)/t8-/m1/s1.